The van der Waals surface area contributed by atoms with Gasteiger partial charge in [-0.25, -0.2) is 9.59 Å². The molecule has 0 radical (unpaired) electrons. The Hall–Kier alpha value is -6.14. The molecule has 0 amide bonds. The molecule has 6 aromatic rings. The Labute approximate surface area is 419 Å². The zero-order valence-electron chi connectivity index (χ0n) is 44.5. The molecule has 0 fully saturated rings. The average Bonchev–Trinajstić information content (AvgIpc) is 3.29. The monoisotopic (exact) mass is 941 g/mol. The molecule has 0 heterocycles. The maximum atomic E-state index is 14.5. The predicted molar refractivity (Wildman–Crippen MR) is 286 cm³/mol. The fourth-order valence-corrected chi connectivity index (χ4v) is 9.11. The van der Waals surface area contributed by atoms with Gasteiger partial charge in [0.2, 0.25) is 0 Å². The maximum Gasteiger partial charge on any atom is 0.343 e. The molecule has 0 aromatic heterocycles. The minimum Gasteiger partial charge on any atom is -0.493 e. The minimum atomic E-state index is -0.444. The van der Waals surface area contributed by atoms with E-state index in [4.69, 9.17) is 18.9 Å². The Morgan fingerprint density at radius 2 is 0.600 bits per heavy atom. The highest BCUT2D eigenvalue weighted by Gasteiger charge is 2.31. The van der Waals surface area contributed by atoms with Gasteiger partial charge in [0.1, 0.15) is 23.0 Å². The number of esters is 2. The lowest BCUT2D eigenvalue weighted by Gasteiger charge is -2.29. The third-order valence-corrected chi connectivity index (χ3v) is 13.3. The zero-order chi connectivity index (χ0) is 50.8. The summed E-state index contributed by atoms with van der Waals surface area (Å²) in [5.41, 5.74) is 12.1. The number of rotatable bonds is 10. The van der Waals surface area contributed by atoms with Crippen LogP contribution in [0.2, 0.25) is 0 Å². The topological polar surface area (TPSA) is 71.1 Å². The van der Waals surface area contributed by atoms with E-state index in [9.17, 15) is 9.59 Å². The summed E-state index contributed by atoms with van der Waals surface area (Å²) >= 11 is 0. The molecule has 0 atom stereocenters. The quantitative estimate of drug-likeness (QED) is 0.100. The summed E-state index contributed by atoms with van der Waals surface area (Å²) < 4.78 is 27.4. The van der Waals surface area contributed by atoms with E-state index in [2.05, 4.69) is 145 Å². The Morgan fingerprint density at radius 3 is 0.814 bits per heavy atom. The normalized spacial score (nSPS) is 13.1. The molecule has 0 saturated carbocycles. The summed E-state index contributed by atoms with van der Waals surface area (Å²) in [6, 6.07) is 36.5. The summed E-state index contributed by atoms with van der Waals surface area (Å²) in [5.74, 6) is 1.81. The summed E-state index contributed by atoms with van der Waals surface area (Å²) in [6.45, 7) is 32.2. The molecule has 7 rings (SSSR count). The highest BCUT2D eigenvalue weighted by atomic mass is 16.5. The first-order valence-corrected chi connectivity index (χ1v) is 25.4. The third kappa shape index (κ3) is 12.1. The first kappa shape index (κ1) is 51.7. The number of carbonyl (C=O) groups excluding carboxylic acids is 2. The minimum absolute atomic E-state index is 0.199. The second kappa shape index (κ2) is 20.7. The van der Waals surface area contributed by atoms with E-state index < -0.39 is 11.9 Å². The Balaban J connectivity index is 1.65. The Morgan fingerprint density at radius 1 is 0.371 bits per heavy atom. The molecule has 0 saturated heterocycles. The molecule has 1 aliphatic carbocycles. The van der Waals surface area contributed by atoms with Crippen LogP contribution in [0.4, 0.5) is 0 Å². The van der Waals surface area contributed by atoms with Crippen LogP contribution >= 0.6 is 0 Å². The van der Waals surface area contributed by atoms with Crippen molar-refractivity contribution in [3.8, 4) is 23.0 Å². The Kier molecular flexibility index (Phi) is 15.3. The lowest BCUT2D eigenvalue weighted by Crippen LogP contribution is -2.19. The van der Waals surface area contributed by atoms with E-state index in [1.165, 1.54) is 11.1 Å². The standard InChI is InChI=1S/C64H76O6/c1-15-27-67-55-43-29-44-34-52(62(6,7)8)36-46(56(44)68-28-16-2)31-48-38-54(64(12,13)14)40-50(58(48)70-60(66)42-25-21-18-22-26-42)32-49-39-53(63(9,10)11)37-47(30-45(55)35-51(33-43)61(3,4)5)57(49)69-59(65)41-23-19-17-20-24-41/h17-26,33-40H,15-16,27-32H2,1-14H3. The van der Waals surface area contributed by atoms with Crippen molar-refractivity contribution in [1.29, 1.82) is 0 Å². The second-order valence-corrected chi connectivity index (χ2v) is 23.4. The fraction of sp³-hybridized carbons (Fsp3) is 0.406. The van der Waals surface area contributed by atoms with Gasteiger partial charge in [-0.05, 0) is 103 Å². The van der Waals surface area contributed by atoms with Crippen molar-refractivity contribution in [1.82, 2.24) is 0 Å². The molecule has 0 aliphatic heterocycles. The van der Waals surface area contributed by atoms with Crippen molar-refractivity contribution in [3.05, 3.63) is 187 Å². The molecule has 6 aromatic carbocycles. The molecule has 0 unspecified atom stereocenters. The predicted octanol–water partition coefficient (Wildman–Crippen LogP) is 15.6. The first-order chi connectivity index (χ1) is 32.9. The van der Waals surface area contributed by atoms with Gasteiger partial charge in [-0.3, -0.25) is 0 Å². The van der Waals surface area contributed by atoms with E-state index in [0.717, 1.165) is 80.0 Å². The van der Waals surface area contributed by atoms with Crippen molar-refractivity contribution in [2.75, 3.05) is 13.2 Å². The third-order valence-electron chi connectivity index (χ3n) is 13.3. The van der Waals surface area contributed by atoms with Gasteiger partial charge >= 0.3 is 11.9 Å². The van der Waals surface area contributed by atoms with Crippen LogP contribution in [0.3, 0.4) is 0 Å². The van der Waals surface area contributed by atoms with Gasteiger partial charge in [-0.2, -0.15) is 0 Å². The van der Waals surface area contributed by atoms with E-state index >= 15 is 0 Å². The Bertz CT molecular complexity index is 2650. The molecule has 6 heteroatoms. The lowest BCUT2D eigenvalue weighted by atomic mass is 9.79. The van der Waals surface area contributed by atoms with Gasteiger partial charge in [-0.15, -0.1) is 0 Å². The number of ether oxygens (including phenoxy) is 4. The maximum absolute atomic E-state index is 14.5. The molecule has 1 aliphatic rings. The van der Waals surface area contributed by atoms with Crippen LogP contribution < -0.4 is 18.9 Å². The smallest absolute Gasteiger partial charge is 0.343 e. The highest BCUT2D eigenvalue weighted by Crippen LogP contribution is 2.45. The highest BCUT2D eigenvalue weighted by molar-refractivity contribution is 5.92. The summed E-state index contributed by atoms with van der Waals surface area (Å²) in [6.07, 6.45) is 3.40. The summed E-state index contributed by atoms with van der Waals surface area (Å²) in [7, 11) is 0. The van der Waals surface area contributed by atoms with Gasteiger partial charge in [0, 0.05) is 47.9 Å². The van der Waals surface area contributed by atoms with E-state index in [0.29, 0.717) is 61.5 Å². The van der Waals surface area contributed by atoms with Gasteiger partial charge in [0.05, 0.1) is 24.3 Å². The van der Waals surface area contributed by atoms with Gasteiger partial charge in [-0.1, -0.05) is 182 Å². The first-order valence-electron chi connectivity index (χ1n) is 25.4. The molecule has 70 heavy (non-hydrogen) atoms. The largest absolute Gasteiger partial charge is 0.493 e. The summed E-state index contributed by atoms with van der Waals surface area (Å²) in [4.78, 5) is 28.9. The number of carbonyl (C=O) groups is 2. The number of hydrogen-bond acceptors (Lipinski definition) is 6. The molecule has 8 bridgehead atoms. The molecule has 368 valence electrons. The van der Waals surface area contributed by atoms with Gasteiger partial charge in [0.15, 0.2) is 0 Å². The SMILES string of the molecule is CCCOc1c2cc(C(C)(C)C)cc1Cc1cc(C(C)(C)C)cc(c1OC(=O)c1ccccc1)Cc1cc(C(C)(C)C)cc(c1OC(=O)c1ccccc1)Cc1cc(C(C)(C)C)cc(c1OCCC)C2. The van der Waals surface area contributed by atoms with Crippen LogP contribution in [-0.4, -0.2) is 25.2 Å². The zero-order valence-corrected chi connectivity index (χ0v) is 44.5. The molecular formula is C64H76O6. The van der Waals surface area contributed by atoms with Gasteiger partial charge in [0.25, 0.3) is 0 Å². The van der Waals surface area contributed by atoms with E-state index in [-0.39, 0.29) is 21.7 Å². The van der Waals surface area contributed by atoms with Crippen molar-refractivity contribution < 1.29 is 28.5 Å². The van der Waals surface area contributed by atoms with Gasteiger partial charge < -0.3 is 18.9 Å². The van der Waals surface area contributed by atoms with Crippen LogP contribution in [-0.2, 0) is 47.3 Å². The number of fused-ring (bicyclic) bond motifs is 8. The molecule has 0 N–H and O–H groups in total. The van der Waals surface area contributed by atoms with Crippen molar-refractivity contribution in [2.24, 2.45) is 0 Å². The molecule has 6 nitrogen and oxygen atoms in total. The fourth-order valence-electron chi connectivity index (χ4n) is 9.11. The van der Waals surface area contributed by atoms with Crippen LogP contribution in [0.5, 0.6) is 23.0 Å². The van der Waals surface area contributed by atoms with Crippen molar-refractivity contribution in [2.45, 2.75) is 157 Å². The number of hydrogen-bond donors (Lipinski definition) is 0. The van der Waals surface area contributed by atoms with E-state index in [1.807, 2.05) is 36.4 Å². The lowest BCUT2D eigenvalue weighted by molar-refractivity contribution is 0.0724. The van der Waals surface area contributed by atoms with Crippen LogP contribution in [0.25, 0.3) is 0 Å². The summed E-state index contributed by atoms with van der Waals surface area (Å²) in [5, 5.41) is 0. The van der Waals surface area contributed by atoms with Crippen LogP contribution in [0.15, 0.2) is 109 Å². The average molecular weight is 941 g/mol. The number of benzene rings is 6. The van der Waals surface area contributed by atoms with Crippen molar-refractivity contribution in [3.63, 3.8) is 0 Å². The van der Waals surface area contributed by atoms with Crippen LogP contribution in [0, 0.1) is 0 Å². The van der Waals surface area contributed by atoms with E-state index in [1.54, 1.807) is 24.3 Å². The van der Waals surface area contributed by atoms with Crippen LogP contribution in [0.1, 0.15) is 197 Å². The molecular weight excluding hydrogens is 865 g/mol. The van der Waals surface area contributed by atoms with Crippen molar-refractivity contribution >= 4 is 11.9 Å². The molecule has 0 spiro atoms. The second-order valence-electron chi connectivity index (χ2n) is 23.4.